The molecule has 9 nitrogen and oxygen atoms in total. The molecule has 13 heteroatoms. The molecule has 1 atom stereocenters. The summed E-state index contributed by atoms with van der Waals surface area (Å²) in [5.74, 6) is -1.88. The molecule has 1 aliphatic heterocycles. The number of nitrogens with two attached hydrogens (primary N) is 1. The Hall–Kier alpha value is -2.77. The van der Waals surface area contributed by atoms with Crippen LogP contribution in [0.2, 0.25) is 0 Å². The Kier molecular flexibility index (Phi) is 5.14. The molecule has 1 aliphatic rings. The fourth-order valence-electron chi connectivity index (χ4n) is 3.69. The Morgan fingerprint density at radius 3 is 2.74 bits per heavy atom. The van der Waals surface area contributed by atoms with E-state index in [2.05, 4.69) is 15.1 Å². The number of nitrogens with zero attached hydrogens (tertiary/aromatic N) is 5. The molecule has 0 bridgehead atoms. The van der Waals surface area contributed by atoms with Gasteiger partial charge in [0.05, 0.1) is 23.4 Å². The summed E-state index contributed by atoms with van der Waals surface area (Å²) < 4.78 is 67.9. The number of sulfonamides is 1. The number of aliphatic hydroxyl groups is 1. The van der Waals surface area contributed by atoms with E-state index in [0.717, 1.165) is 4.52 Å². The number of hydrogen-bond donors (Lipinski definition) is 2. The number of nitrogen functional groups attached to an aromatic ring is 1. The third kappa shape index (κ3) is 3.62. The molecule has 2 aromatic heterocycles. The quantitative estimate of drug-likeness (QED) is 0.613. The molecule has 0 amide bonds. The summed E-state index contributed by atoms with van der Waals surface area (Å²) in [5.41, 5.74) is 6.64. The van der Waals surface area contributed by atoms with Crippen molar-refractivity contribution in [2.75, 3.05) is 18.9 Å². The molecule has 0 radical (unpaired) electrons. The molecule has 0 spiro atoms. The number of hydrogen-bond acceptors (Lipinski definition) is 7. The van der Waals surface area contributed by atoms with E-state index in [1.165, 1.54) is 22.6 Å². The van der Waals surface area contributed by atoms with Gasteiger partial charge in [0, 0.05) is 18.2 Å². The molecule has 0 aliphatic carbocycles. The van der Waals surface area contributed by atoms with Gasteiger partial charge < -0.3 is 10.8 Å². The summed E-state index contributed by atoms with van der Waals surface area (Å²) in [5, 5.41) is 13.0. The Balaban J connectivity index is 1.87. The Bertz CT molecular complexity index is 1260. The highest BCUT2D eigenvalue weighted by Crippen LogP contribution is 2.33. The number of benzene rings is 1. The summed E-state index contributed by atoms with van der Waals surface area (Å²) >= 11 is 0. The number of imidazole rings is 1. The lowest BCUT2D eigenvalue weighted by Gasteiger charge is -2.23. The highest BCUT2D eigenvalue weighted by atomic mass is 32.2. The van der Waals surface area contributed by atoms with E-state index in [1.54, 1.807) is 13.0 Å². The summed E-state index contributed by atoms with van der Waals surface area (Å²) in [7, 11) is -3.92. The molecular formula is C18H19F3N6O3S. The first-order valence-corrected chi connectivity index (χ1v) is 10.8. The van der Waals surface area contributed by atoms with Crippen molar-refractivity contribution in [2.24, 2.45) is 0 Å². The van der Waals surface area contributed by atoms with E-state index in [4.69, 9.17) is 5.73 Å². The van der Waals surface area contributed by atoms with Crippen LogP contribution in [0, 0.1) is 6.92 Å². The lowest BCUT2D eigenvalue weighted by atomic mass is 10.1. The minimum atomic E-state index is -4.82. The first kappa shape index (κ1) is 21.5. The van der Waals surface area contributed by atoms with E-state index in [-0.39, 0.29) is 29.4 Å². The largest absolute Gasteiger partial charge is 0.453 e. The molecule has 1 fully saturated rings. The first-order valence-electron chi connectivity index (χ1n) is 9.36. The van der Waals surface area contributed by atoms with Crippen molar-refractivity contribution in [3.63, 3.8) is 0 Å². The Morgan fingerprint density at radius 1 is 1.32 bits per heavy atom. The van der Waals surface area contributed by atoms with Gasteiger partial charge >= 0.3 is 6.18 Å². The predicted molar refractivity (Wildman–Crippen MR) is 104 cm³/mol. The van der Waals surface area contributed by atoms with Gasteiger partial charge in [0.2, 0.25) is 10.0 Å². The zero-order valence-electron chi connectivity index (χ0n) is 16.3. The highest BCUT2D eigenvalue weighted by Gasteiger charge is 2.37. The standard InChI is InChI=1S/C18H19F3N6O3S/c1-10-4-5-12(31(29,30)26-6-2-3-11(26)9-28)7-13(10)14-8-23-16-15(22)24-17(18(19,20)21)25-27(14)16/h4-5,7-8,11,28H,2-3,6,9H2,1H3,(H2,22,24,25). The molecule has 4 rings (SSSR count). The third-order valence-electron chi connectivity index (χ3n) is 5.27. The van der Waals surface area contributed by atoms with Crippen LogP contribution in [0.4, 0.5) is 19.0 Å². The Labute approximate surface area is 175 Å². The number of rotatable bonds is 4. The van der Waals surface area contributed by atoms with E-state index < -0.39 is 33.9 Å². The van der Waals surface area contributed by atoms with E-state index in [9.17, 15) is 26.7 Å². The fourth-order valence-corrected chi connectivity index (χ4v) is 5.40. The third-order valence-corrected chi connectivity index (χ3v) is 7.21. The number of alkyl halides is 3. The average molecular weight is 456 g/mol. The first-order chi connectivity index (χ1) is 14.5. The molecule has 3 aromatic rings. The molecule has 1 aromatic carbocycles. The van der Waals surface area contributed by atoms with Crippen LogP contribution >= 0.6 is 0 Å². The molecular weight excluding hydrogens is 437 g/mol. The van der Waals surface area contributed by atoms with E-state index >= 15 is 0 Å². The van der Waals surface area contributed by atoms with Crippen LogP contribution in [0.25, 0.3) is 16.9 Å². The van der Waals surface area contributed by atoms with Gasteiger partial charge in [0.25, 0.3) is 5.82 Å². The van der Waals surface area contributed by atoms with E-state index in [0.29, 0.717) is 24.0 Å². The van der Waals surface area contributed by atoms with Gasteiger partial charge in [-0.3, -0.25) is 0 Å². The second kappa shape index (κ2) is 7.43. The SMILES string of the molecule is Cc1ccc(S(=O)(=O)N2CCCC2CO)cc1-c1cnc2c(N)nc(C(F)(F)F)nn12. The second-order valence-electron chi connectivity index (χ2n) is 7.27. The van der Waals surface area contributed by atoms with Crippen LogP contribution in [0.15, 0.2) is 29.3 Å². The molecule has 166 valence electrons. The molecule has 0 saturated carbocycles. The molecule has 3 heterocycles. The molecule has 1 unspecified atom stereocenters. The van der Waals surface area contributed by atoms with Crippen molar-refractivity contribution in [2.45, 2.75) is 36.9 Å². The summed E-state index contributed by atoms with van der Waals surface area (Å²) in [6.45, 7) is 1.68. The smallest absolute Gasteiger partial charge is 0.395 e. The monoisotopic (exact) mass is 456 g/mol. The maximum atomic E-state index is 13.2. The normalized spacial score (nSPS) is 18.2. The predicted octanol–water partition coefficient (Wildman–Crippen LogP) is 1.85. The molecule has 1 saturated heterocycles. The number of fused-ring (bicyclic) bond motifs is 1. The van der Waals surface area contributed by atoms with Gasteiger partial charge in [-0.05, 0) is 37.5 Å². The minimum absolute atomic E-state index is 0.0403. The number of aliphatic hydroxyl groups excluding tert-OH is 1. The van der Waals surface area contributed by atoms with Gasteiger partial charge in [-0.1, -0.05) is 6.07 Å². The zero-order chi connectivity index (χ0) is 22.6. The Morgan fingerprint density at radius 2 is 2.06 bits per heavy atom. The van der Waals surface area contributed by atoms with Crippen LogP contribution in [0.1, 0.15) is 24.2 Å². The van der Waals surface area contributed by atoms with Gasteiger partial charge in [-0.25, -0.2) is 22.9 Å². The minimum Gasteiger partial charge on any atom is -0.395 e. The van der Waals surface area contributed by atoms with E-state index in [1.807, 2.05) is 0 Å². The molecule has 3 N–H and O–H groups in total. The number of anilines is 1. The van der Waals surface area contributed by atoms with Crippen LogP contribution in [0.5, 0.6) is 0 Å². The number of aromatic nitrogens is 4. The maximum absolute atomic E-state index is 13.2. The zero-order valence-corrected chi connectivity index (χ0v) is 17.2. The van der Waals surface area contributed by atoms with Crippen LogP contribution in [-0.2, 0) is 16.2 Å². The maximum Gasteiger partial charge on any atom is 0.453 e. The van der Waals surface area contributed by atoms with Gasteiger partial charge in [0.15, 0.2) is 11.5 Å². The van der Waals surface area contributed by atoms with Gasteiger partial charge in [0.1, 0.15) is 0 Å². The van der Waals surface area contributed by atoms with Gasteiger partial charge in [-0.15, -0.1) is 5.10 Å². The summed E-state index contributed by atoms with van der Waals surface area (Å²) in [6, 6.07) is 3.84. The summed E-state index contributed by atoms with van der Waals surface area (Å²) in [4.78, 5) is 7.23. The lowest BCUT2D eigenvalue weighted by Crippen LogP contribution is -2.37. The van der Waals surface area contributed by atoms with Crippen LogP contribution in [0.3, 0.4) is 0 Å². The van der Waals surface area contributed by atoms with Crippen LogP contribution in [-0.4, -0.2) is 56.6 Å². The molecule has 31 heavy (non-hydrogen) atoms. The van der Waals surface area contributed by atoms with Crippen molar-refractivity contribution >= 4 is 21.5 Å². The average Bonchev–Trinajstić information content (AvgIpc) is 3.35. The fraction of sp³-hybridized carbons (Fsp3) is 0.389. The highest BCUT2D eigenvalue weighted by molar-refractivity contribution is 7.89. The van der Waals surface area contributed by atoms with Crippen molar-refractivity contribution < 1.29 is 26.7 Å². The van der Waals surface area contributed by atoms with Crippen molar-refractivity contribution in [1.82, 2.24) is 23.9 Å². The second-order valence-corrected chi connectivity index (χ2v) is 9.16. The van der Waals surface area contributed by atoms with Gasteiger partial charge in [-0.2, -0.15) is 17.5 Å². The number of aryl methyl sites for hydroxylation is 1. The van der Waals surface area contributed by atoms with Crippen molar-refractivity contribution in [3.8, 4) is 11.3 Å². The van der Waals surface area contributed by atoms with Crippen molar-refractivity contribution in [3.05, 3.63) is 35.8 Å². The van der Waals surface area contributed by atoms with Crippen LogP contribution < -0.4 is 5.73 Å². The summed E-state index contributed by atoms with van der Waals surface area (Å²) in [6.07, 6.45) is -2.37. The number of halogens is 3. The van der Waals surface area contributed by atoms with Crippen molar-refractivity contribution in [1.29, 1.82) is 0 Å². The lowest BCUT2D eigenvalue weighted by molar-refractivity contribution is -0.145. The topological polar surface area (TPSA) is 127 Å².